The van der Waals surface area contributed by atoms with Gasteiger partial charge in [-0.05, 0) is 43.0 Å². The van der Waals surface area contributed by atoms with E-state index in [1.54, 1.807) is 7.11 Å². The molecule has 1 aliphatic rings. The molecule has 2 nitrogen and oxygen atoms in total. The van der Waals surface area contributed by atoms with Gasteiger partial charge < -0.3 is 9.16 Å². The molecule has 0 aliphatic heterocycles. The average molecular weight is 295 g/mol. The van der Waals surface area contributed by atoms with Crippen LogP contribution in [0.15, 0.2) is 11.8 Å². The van der Waals surface area contributed by atoms with E-state index in [1.807, 2.05) is 0 Å². The largest absolute Gasteiger partial charge is 0.547 e. The highest BCUT2D eigenvalue weighted by atomic mass is 28.4. The normalized spacial score (nSPS) is 19.9. The Kier molecular flexibility index (Phi) is 6.35. The molecule has 0 amide bonds. The van der Waals surface area contributed by atoms with E-state index >= 15 is 0 Å². The van der Waals surface area contributed by atoms with E-state index in [0.29, 0.717) is 12.5 Å². The third kappa shape index (κ3) is 5.34. The second-order valence-electron chi connectivity index (χ2n) is 7.14. The molecule has 0 fully saturated rings. The minimum atomic E-state index is -1.69. The molecule has 1 atom stereocenters. The Hall–Kier alpha value is -0.723. The zero-order chi connectivity index (χ0) is 15.2. The Balaban J connectivity index is 2.62. The molecule has 114 valence electrons. The molecule has 0 heterocycles. The molecule has 0 spiro atoms. The maximum absolute atomic E-state index is 6.43. The molecule has 0 saturated carbocycles. The number of rotatable bonds is 4. The molecule has 1 rings (SSSR count). The number of ether oxygens (including phenoxy) is 1. The van der Waals surface area contributed by atoms with E-state index in [4.69, 9.17) is 9.16 Å². The van der Waals surface area contributed by atoms with Crippen LogP contribution in [0.5, 0.6) is 0 Å². The SMILES string of the molecule is COCC#CCC1C=C(O[Si](C)(C)C(C)(C)C)CCC1. The van der Waals surface area contributed by atoms with E-state index in [9.17, 15) is 0 Å². The van der Waals surface area contributed by atoms with Gasteiger partial charge >= 0.3 is 0 Å². The summed E-state index contributed by atoms with van der Waals surface area (Å²) in [5.74, 6) is 8.00. The van der Waals surface area contributed by atoms with Crippen LogP contribution < -0.4 is 0 Å². The molecule has 0 saturated heterocycles. The Bertz CT molecular complexity index is 393. The van der Waals surface area contributed by atoms with E-state index < -0.39 is 8.32 Å². The summed E-state index contributed by atoms with van der Waals surface area (Å²) in [4.78, 5) is 0. The first-order valence-corrected chi connectivity index (χ1v) is 10.5. The van der Waals surface area contributed by atoms with Gasteiger partial charge in [-0.1, -0.05) is 26.7 Å². The summed E-state index contributed by atoms with van der Waals surface area (Å²) in [5, 5.41) is 0.263. The van der Waals surface area contributed by atoms with Crippen LogP contribution in [0.25, 0.3) is 0 Å². The Morgan fingerprint density at radius 1 is 1.30 bits per heavy atom. The third-order valence-corrected chi connectivity index (χ3v) is 8.70. The molecule has 1 unspecified atom stereocenters. The first-order chi connectivity index (χ1) is 9.26. The predicted molar refractivity (Wildman–Crippen MR) is 88.0 cm³/mol. The van der Waals surface area contributed by atoms with Gasteiger partial charge in [-0.25, -0.2) is 0 Å². The summed E-state index contributed by atoms with van der Waals surface area (Å²) in [6, 6.07) is 0. The fourth-order valence-electron chi connectivity index (χ4n) is 2.02. The van der Waals surface area contributed by atoms with Gasteiger partial charge in [0.25, 0.3) is 0 Å². The maximum atomic E-state index is 6.43. The van der Waals surface area contributed by atoms with Crippen LogP contribution in [-0.2, 0) is 9.16 Å². The first-order valence-electron chi connectivity index (χ1n) is 7.60. The predicted octanol–water partition coefficient (Wildman–Crippen LogP) is 4.73. The summed E-state index contributed by atoms with van der Waals surface area (Å²) in [6.07, 6.45) is 6.79. The lowest BCUT2D eigenvalue weighted by Gasteiger charge is -2.38. The fraction of sp³-hybridized carbons (Fsp3) is 0.765. The standard InChI is InChI=1S/C17H30O2Si/c1-17(2,3)20(5,6)19-16-12-9-11-15(14-16)10-7-8-13-18-4/h14-15H,9-13H2,1-6H3. The molecule has 3 heteroatoms. The second kappa shape index (κ2) is 7.33. The highest BCUT2D eigenvalue weighted by Crippen LogP contribution is 2.39. The quantitative estimate of drug-likeness (QED) is 0.551. The van der Waals surface area contributed by atoms with Crippen molar-refractivity contribution in [1.29, 1.82) is 0 Å². The Morgan fingerprint density at radius 3 is 2.60 bits per heavy atom. The van der Waals surface area contributed by atoms with Crippen molar-refractivity contribution in [3.63, 3.8) is 0 Å². The molecule has 0 N–H and O–H groups in total. The first kappa shape index (κ1) is 17.3. The summed E-state index contributed by atoms with van der Waals surface area (Å²) in [6.45, 7) is 12.0. The smallest absolute Gasteiger partial charge is 0.250 e. The van der Waals surface area contributed by atoms with E-state index in [1.165, 1.54) is 18.6 Å². The van der Waals surface area contributed by atoms with Crippen LogP contribution in [0.1, 0.15) is 46.5 Å². The second-order valence-corrected chi connectivity index (χ2v) is 11.9. The number of hydrogen-bond donors (Lipinski definition) is 0. The van der Waals surface area contributed by atoms with Crippen molar-refractivity contribution in [2.45, 2.75) is 64.6 Å². The summed E-state index contributed by atoms with van der Waals surface area (Å²) in [7, 11) is -0.00925. The van der Waals surface area contributed by atoms with Crippen molar-refractivity contribution in [1.82, 2.24) is 0 Å². The third-order valence-electron chi connectivity index (χ3n) is 4.32. The minimum Gasteiger partial charge on any atom is -0.547 e. The van der Waals surface area contributed by atoms with Gasteiger partial charge in [-0.3, -0.25) is 0 Å². The van der Waals surface area contributed by atoms with Crippen molar-refractivity contribution in [3.05, 3.63) is 11.8 Å². The zero-order valence-electron chi connectivity index (χ0n) is 14.0. The highest BCUT2D eigenvalue weighted by molar-refractivity contribution is 6.74. The summed E-state index contributed by atoms with van der Waals surface area (Å²) in [5.41, 5.74) is 0. The van der Waals surface area contributed by atoms with E-state index in [-0.39, 0.29) is 5.04 Å². The molecule has 0 bridgehead atoms. The lowest BCUT2D eigenvalue weighted by Crippen LogP contribution is -2.40. The lowest BCUT2D eigenvalue weighted by atomic mass is 9.92. The monoisotopic (exact) mass is 294 g/mol. The molecular weight excluding hydrogens is 264 g/mol. The number of methoxy groups -OCH3 is 1. The van der Waals surface area contributed by atoms with Gasteiger partial charge in [-0.2, -0.15) is 0 Å². The van der Waals surface area contributed by atoms with Crippen molar-refractivity contribution in [2.75, 3.05) is 13.7 Å². The van der Waals surface area contributed by atoms with Crippen molar-refractivity contribution < 1.29 is 9.16 Å². The van der Waals surface area contributed by atoms with Crippen LogP contribution in [0, 0.1) is 17.8 Å². The number of allylic oxidation sites excluding steroid dienone is 2. The van der Waals surface area contributed by atoms with Crippen molar-refractivity contribution in [2.24, 2.45) is 5.92 Å². The van der Waals surface area contributed by atoms with Gasteiger partial charge in [-0.15, -0.1) is 5.92 Å². The summed E-state index contributed by atoms with van der Waals surface area (Å²) >= 11 is 0. The topological polar surface area (TPSA) is 18.5 Å². The van der Waals surface area contributed by atoms with Gasteiger partial charge in [0.05, 0.1) is 5.76 Å². The Morgan fingerprint density at radius 2 is 2.00 bits per heavy atom. The van der Waals surface area contributed by atoms with Crippen LogP contribution in [-0.4, -0.2) is 22.0 Å². The zero-order valence-corrected chi connectivity index (χ0v) is 15.0. The van der Waals surface area contributed by atoms with Crippen molar-refractivity contribution >= 4 is 8.32 Å². The average Bonchev–Trinajstić information content (AvgIpc) is 2.33. The molecule has 0 radical (unpaired) electrons. The highest BCUT2D eigenvalue weighted by Gasteiger charge is 2.39. The molecular formula is C17H30O2Si. The van der Waals surface area contributed by atoms with Crippen LogP contribution in [0.4, 0.5) is 0 Å². The lowest BCUT2D eigenvalue weighted by molar-refractivity contribution is 0.239. The van der Waals surface area contributed by atoms with E-state index in [2.05, 4.69) is 51.8 Å². The number of hydrogen-bond acceptors (Lipinski definition) is 2. The van der Waals surface area contributed by atoms with Crippen LogP contribution >= 0.6 is 0 Å². The maximum Gasteiger partial charge on any atom is 0.250 e. The van der Waals surface area contributed by atoms with E-state index in [0.717, 1.165) is 12.8 Å². The molecule has 1 aliphatic carbocycles. The van der Waals surface area contributed by atoms with Gasteiger partial charge in [0, 0.05) is 20.0 Å². The van der Waals surface area contributed by atoms with Crippen LogP contribution in [0.3, 0.4) is 0 Å². The molecule has 0 aromatic carbocycles. The van der Waals surface area contributed by atoms with Crippen molar-refractivity contribution in [3.8, 4) is 11.8 Å². The van der Waals surface area contributed by atoms with Gasteiger partial charge in [0.2, 0.25) is 8.32 Å². The Labute approximate surface area is 126 Å². The molecule has 0 aromatic heterocycles. The molecule has 0 aromatic rings. The van der Waals surface area contributed by atoms with Gasteiger partial charge in [0.15, 0.2) is 0 Å². The van der Waals surface area contributed by atoms with Crippen LogP contribution in [0.2, 0.25) is 18.1 Å². The van der Waals surface area contributed by atoms with Gasteiger partial charge in [0.1, 0.15) is 6.61 Å². The minimum absolute atomic E-state index is 0.263. The fourth-order valence-corrected chi connectivity index (χ4v) is 3.15. The molecule has 20 heavy (non-hydrogen) atoms. The summed E-state index contributed by atoms with van der Waals surface area (Å²) < 4.78 is 11.4.